The van der Waals surface area contributed by atoms with Gasteiger partial charge in [-0.1, -0.05) is 72.8 Å². The molecule has 2 aliphatic heterocycles. The largest absolute Gasteiger partial charge is 0.358 e. The molecule has 2 aromatic carbocycles. The van der Waals surface area contributed by atoms with Crippen molar-refractivity contribution in [3.05, 3.63) is 97.1 Å². The molecule has 2 saturated heterocycles. The van der Waals surface area contributed by atoms with Crippen LogP contribution in [0.1, 0.15) is 49.8 Å². The van der Waals surface area contributed by atoms with Crippen LogP contribution in [0.4, 0.5) is 0 Å². The van der Waals surface area contributed by atoms with Gasteiger partial charge in [0.25, 0.3) is 0 Å². The van der Waals surface area contributed by atoms with Gasteiger partial charge in [-0.3, -0.25) is 14.4 Å². The number of hydrogen-bond donors (Lipinski definition) is 3. The highest BCUT2D eigenvalue weighted by molar-refractivity contribution is 5.94. The highest BCUT2D eigenvalue weighted by atomic mass is 16.5. The summed E-state index contributed by atoms with van der Waals surface area (Å²) < 4.78 is 6.19. The Labute approximate surface area is 236 Å². The first-order valence-corrected chi connectivity index (χ1v) is 13.9. The normalized spacial score (nSPS) is 22.6. The number of ether oxygens (including phenoxy) is 1. The lowest BCUT2D eigenvalue weighted by molar-refractivity contribution is -0.150. The van der Waals surface area contributed by atoms with Gasteiger partial charge < -0.3 is 25.6 Å². The minimum Gasteiger partial charge on any atom is -0.358 e. The van der Waals surface area contributed by atoms with Crippen molar-refractivity contribution in [2.24, 2.45) is 5.41 Å². The van der Waals surface area contributed by atoms with E-state index >= 15 is 0 Å². The van der Waals surface area contributed by atoms with Crippen LogP contribution in [-0.4, -0.2) is 60.6 Å². The Balaban J connectivity index is 1.73. The maximum Gasteiger partial charge on any atom is 0.247 e. The molecule has 1 unspecified atom stereocenters. The standard InChI is InChI=1S/C32H40N4O4/c1-5-18-32(19-6-2)21-26-36(31(39)25(17-20-40-26)34-29(37)22(3)33-4)28(32)30(38)35-27(23-13-9-7-10-14-23)24-15-11-8-12-16-24/h5-16,22,25-28,33H,1-2,17-21H2,3-4H3,(H,34,37)(H,35,38)/t22-,25?,26-,28+/m0/s1. The third-order valence-electron chi connectivity index (χ3n) is 8.06. The summed E-state index contributed by atoms with van der Waals surface area (Å²) in [4.78, 5) is 42.8. The van der Waals surface area contributed by atoms with Crippen molar-refractivity contribution < 1.29 is 19.1 Å². The molecule has 2 heterocycles. The molecule has 2 fully saturated rings. The number of carbonyl (C=O) groups is 3. The first-order chi connectivity index (χ1) is 19.3. The third-order valence-corrected chi connectivity index (χ3v) is 8.06. The summed E-state index contributed by atoms with van der Waals surface area (Å²) in [7, 11) is 1.69. The number of amides is 3. The van der Waals surface area contributed by atoms with Crippen LogP contribution in [0.2, 0.25) is 0 Å². The second-order valence-electron chi connectivity index (χ2n) is 10.6. The lowest BCUT2D eigenvalue weighted by atomic mass is 9.73. The van der Waals surface area contributed by atoms with Gasteiger partial charge in [0.15, 0.2) is 0 Å². The lowest BCUT2D eigenvalue weighted by Crippen LogP contribution is -2.59. The topological polar surface area (TPSA) is 99.8 Å². The van der Waals surface area contributed by atoms with E-state index in [0.717, 1.165) is 11.1 Å². The van der Waals surface area contributed by atoms with Gasteiger partial charge >= 0.3 is 0 Å². The smallest absolute Gasteiger partial charge is 0.247 e. The molecule has 0 aliphatic carbocycles. The number of hydrogen-bond acceptors (Lipinski definition) is 5. The monoisotopic (exact) mass is 544 g/mol. The molecule has 3 N–H and O–H groups in total. The van der Waals surface area contributed by atoms with E-state index in [4.69, 9.17) is 4.74 Å². The van der Waals surface area contributed by atoms with E-state index in [-0.39, 0.29) is 24.3 Å². The van der Waals surface area contributed by atoms with Crippen LogP contribution in [-0.2, 0) is 19.1 Å². The van der Waals surface area contributed by atoms with Gasteiger partial charge in [0.1, 0.15) is 18.3 Å². The van der Waals surface area contributed by atoms with Crippen molar-refractivity contribution in [2.45, 2.75) is 63.0 Å². The van der Waals surface area contributed by atoms with E-state index in [1.807, 2.05) is 60.7 Å². The van der Waals surface area contributed by atoms with Crippen LogP contribution in [0.15, 0.2) is 86.0 Å². The summed E-state index contributed by atoms with van der Waals surface area (Å²) in [5.74, 6) is -0.877. The Bertz CT molecular complexity index is 1150. The van der Waals surface area contributed by atoms with E-state index in [9.17, 15) is 14.4 Å². The molecule has 212 valence electrons. The van der Waals surface area contributed by atoms with Gasteiger partial charge in [-0.15, -0.1) is 13.2 Å². The first-order valence-electron chi connectivity index (χ1n) is 13.9. The minimum absolute atomic E-state index is 0.281. The van der Waals surface area contributed by atoms with Crippen LogP contribution >= 0.6 is 0 Å². The Morgan fingerprint density at radius 2 is 1.62 bits per heavy atom. The van der Waals surface area contributed by atoms with Gasteiger partial charge in [0.05, 0.1) is 18.7 Å². The molecule has 2 aliphatic rings. The maximum atomic E-state index is 14.4. The maximum absolute atomic E-state index is 14.4. The van der Waals surface area contributed by atoms with Gasteiger partial charge in [-0.25, -0.2) is 0 Å². The molecule has 4 rings (SSSR count). The zero-order valence-corrected chi connectivity index (χ0v) is 23.3. The van der Waals surface area contributed by atoms with Crippen molar-refractivity contribution >= 4 is 17.7 Å². The number of carbonyl (C=O) groups excluding carboxylic acids is 3. The Kier molecular flexibility index (Phi) is 9.55. The van der Waals surface area contributed by atoms with Gasteiger partial charge in [-0.05, 0) is 37.9 Å². The molecule has 0 saturated carbocycles. The Hall–Kier alpha value is -3.75. The average molecular weight is 545 g/mol. The number of likely N-dealkylation sites (N-methyl/N-ethyl adjacent to an activating group) is 1. The summed E-state index contributed by atoms with van der Waals surface area (Å²) >= 11 is 0. The number of benzene rings is 2. The zero-order chi connectivity index (χ0) is 28.7. The summed E-state index contributed by atoms with van der Waals surface area (Å²) in [5.41, 5.74) is 1.20. The molecule has 0 aromatic heterocycles. The molecule has 8 nitrogen and oxygen atoms in total. The molecular formula is C32H40N4O4. The Morgan fingerprint density at radius 3 is 2.15 bits per heavy atom. The molecule has 3 amide bonds. The SMILES string of the molecule is C=CCC1(CC=C)C[C@@H]2OCCC(NC(=O)[C@H](C)NC)C(=O)N2[C@@H]1C(=O)NC(c1ccccc1)c1ccccc1. The molecule has 0 radical (unpaired) electrons. The van der Waals surface area contributed by atoms with E-state index in [2.05, 4.69) is 29.1 Å². The molecule has 4 atom stereocenters. The van der Waals surface area contributed by atoms with Crippen molar-refractivity contribution in [1.82, 2.24) is 20.9 Å². The fourth-order valence-electron chi connectivity index (χ4n) is 5.94. The summed E-state index contributed by atoms with van der Waals surface area (Å²) in [5, 5.41) is 9.04. The summed E-state index contributed by atoms with van der Waals surface area (Å²) in [6, 6.07) is 17.0. The molecular weight excluding hydrogens is 504 g/mol. The zero-order valence-electron chi connectivity index (χ0n) is 23.3. The summed E-state index contributed by atoms with van der Waals surface area (Å²) in [6.45, 7) is 9.95. The van der Waals surface area contributed by atoms with Crippen LogP contribution in [0.3, 0.4) is 0 Å². The van der Waals surface area contributed by atoms with Crippen molar-refractivity contribution in [3.8, 4) is 0 Å². The van der Waals surface area contributed by atoms with Crippen LogP contribution in [0, 0.1) is 5.41 Å². The quantitative estimate of drug-likeness (QED) is 0.376. The highest BCUT2D eigenvalue weighted by Crippen LogP contribution is 2.48. The van der Waals surface area contributed by atoms with Crippen molar-refractivity contribution in [2.75, 3.05) is 13.7 Å². The van der Waals surface area contributed by atoms with E-state index < -0.39 is 35.8 Å². The van der Waals surface area contributed by atoms with Crippen LogP contribution in [0.25, 0.3) is 0 Å². The molecule has 8 heteroatoms. The van der Waals surface area contributed by atoms with Gasteiger partial charge in [-0.2, -0.15) is 0 Å². The van der Waals surface area contributed by atoms with Crippen molar-refractivity contribution in [3.63, 3.8) is 0 Å². The number of nitrogens with zero attached hydrogens (tertiary/aromatic N) is 1. The molecule has 2 aromatic rings. The van der Waals surface area contributed by atoms with Crippen molar-refractivity contribution in [1.29, 1.82) is 0 Å². The predicted molar refractivity (Wildman–Crippen MR) is 155 cm³/mol. The van der Waals surface area contributed by atoms with Gasteiger partial charge in [0, 0.05) is 18.3 Å². The second-order valence-corrected chi connectivity index (χ2v) is 10.6. The van der Waals surface area contributed by atoms with E-state index in [1.165, 1.54) is 0 Å². The second kappa shape index (κ2) is 13.1. The van der Waals surface area contributed by atoms with Crippen LogP contribution < -0.4 is 16.0 Å². The molecule has 40 heavy (non-hydrogen) atoms. The minimum atomic E-state index is -0.852. The predicted octanol–water partition coefficient (Wildman–Crippen LogP) is 3.47. The number of allylic oxidation sites excluding steroid dienone is 2. The molecule has 0 spiro atoms. The fraction of sp³-hybridized carbons (Fsp3) is 0.406. The summed E-state index contributed by atoms with van der Waals surface area (Å²) in [6.07, 6.45) is 4.77. The average Bonchev–Trinajstić information content (AvgIpc) is 3.21. The Morgan fingerprint density at radius 1 is 1.05 bits per heavy atom. The fourth-order valence-corrected chi connectivity index (χ4v) is 5.94. The lowest BCUT2D eigenvalue weighted by Gasteiger charge is -2.37. The van der Waals surface area contributed by atoms with Gasteiger partial charge in [0.2, 0.25) is 17.7 Å². The highest BCUT2D eigenvalue weighted by Gasteiger charge is 2.58. The third kappa shape index (κ3) is 6.03. The number of nitrogens with one attached hydrogen (secondary N) is 3. The van der Waals surface area contributed by atoms with Crippen LogP contribution in [0.5, 0.6) is 0 Å². The number of rotatable bonds is 11. The van der Waals surface area contributed by atoms with E-state index in [1.54, 1.807) is 31.0 Å². The van der Waals surface area contributed by atoms with E-state index in [0.29, 0.717) is 25.7 Å². The first kappa shape index (κ1) is 29.2. The molecule has 0 bridgehead atoms. The number of fused-ring (bicyclic) bond motifs is 1.